The van der Waals surface area contributed by atoms with Crippen LogP contribution in [0.1, 0.15) is 129 Å². The molecular weight excluding hydrogens is 680 g/mol. The van der Waals surface area contributed by atoms with Crippen molar-refractivity contribution in [1.29, 1.82) is 0 Å². The van der Waals surface area contributed by atoms with E-state index in [0.717, 1.165) is 11.5 Å². The van der Waals surface area contributed by atoms with Gasteiger partial charge in [0, 0.05) is 0 Å². The van der Waals surface area contributed by atoms with Gasteiger partial charge in [0.05, 0.1) is 0 Å². The molecule has 0 aromatic heterocycles. The molecule has 2 aromatic carbocycles. The summed E-state index contributed by atoms with van der Waals surface area (Å²) in [6, 6.07) is 14.0. The van der Waals surface area contributed by atoms with Crippen molar-refractivity contribution in [2.45, 2.75) is 152 Å². The van der Waals surface area contributed by atoms with Crippen molar-refractivity contribution in [2.24, 2.45) is 0 Å². The first-order valence-electron chi connectivity index (χ1n) is 19.0. The Morgan fingerprint density at radius 1 is 0.583 bits per heavy atom. The van der Waals surface area contributed by atoms with Crippen molar-refractivity contribution in [3.05, 3.63) is 104 Å². The molecule has 0 spiro atoms. The van der Waals surface area contributed by atoms with Gasteiger partial charge in [-0.3, -0.25) is 0 Å². The second-order valence-electron chi connectivity index (χ2n) is 18.3. The fourth-order valence-electron chi connectivity index (χ4n) is 10.2. The van der Waals surface area contributed by atoms with Gasteiger partial charge in [-0.05, 0) is 0 Å². The third-order valence-electron chi connectivity index (χ3n) is 12.3. The summed E-state index contributed by atoms with van der Waals surface area (Å²) in [7, 11) is 0. The molecule has 2 aromatic rings. The van der Waals surface area contributed by atoms with Gasteiger partial charge < -0.3 is 0 Å². The monoisotopic (exact) mass is 741 g/mol. The van der Waals surface area contributed by atoms with Gasteiger partial charge in [-0.25, -0.2) is 0 Å². The standard InChI is InChI=1S/2C11H16O.2C10H13.C2H7Si.Zr/c2*1-8-5-6-10(12)9(7-8)11(2,3)4;2*1-8-6-9-4-2-3-5-10(9)7-8;1-3-2;/h2*5-7,12H,1-4H3;2*6-7H,2-5H2,1H3;3H,1-2H3;/q;;;;;+2/p-2. The molecule has 0 saturated heterocycles. The van der Waals surface area contributed by atoms with E-state index < -0.39 is 24.7 Å². The molecule has 4 aliphatic carbocycles. The van der Waals surface area contributed by atoms with Crippen LogP contribution >= 0.6 is 0 Å². The molecule has 0 aliphatic heterocycles. The van der Waals surface area contributed by atoms with E-state index in [1.807, 2.05) is 0 Å². The Bertz CT molecular complexity index is 1610. The SMILES string of the molecule is CC1=CC2=C(CCCC2)[CH]1[Zr]([O]c1ccc(C)cc1C(C)(C)C)([O]c1ccc(C)cc1C(C)(C)C)([CH]1C(C)=CC2=C1CCCC2)[SiH](C)C. The number of hydrogen-bond acceptors (Lipinski definition) is 2. The van der Waals surface area contributed by atoms with Crippen LogP contribution in [0.25, 0.3) is 0 Å². The first-order valence-corrected chi connectivity index (χ1v) is 31.0. The second kappa shape index (κ2) is 12.7. The summed E-state index contributed by atoms with van der Waals surface area (Å²) in [5.74, 6) is 0.394. The Morgan fingerprint density at radius 3 is 1.31 bits per heavy atom. The molecule has 2 atom stereocenters. The van der Waals surface area contributed by atoms with Crippen molar-refractivity contribution in [3.8, 4) is 11.5 Å². The molecule has 2 nitrogen and oxygen atoms in total. The summed E-state index contributed by atoms with van der Waals surface area (Å²) < 4.78 is 17.6. The zero-order chi connectivity index (χ0) is 34.8. The van der Waals surface area contributed by atoms with Gasteiger partial charge in [0.2, 0.25) is 0 Å². The third-order valence-corrected chi connectivity index (χ3v) is 49.5. The fraction of sp³-hybridized carbons (Fsp3) is 0.545. The fourth-order valence-corrected chi connectivity index (χ4v) is 47.4. The van der Waals surface area contributed by atoms with Gasteiger partial charge in [-0.2, -0.15) is 0 Å². The van der Waals surface area contributed by atoms with Crippen LogP contribution in [-0.2, 0) is 29.7 Å². The quantitative estimate of drug-likeness (QED) is 0.263. The normalized spacial score (nSPS) is 22.6. The molecule has 2 unspecified atom stereocenters. The summed E-state index contributed by atoms with van der Waals surface area (Å²) in [5.41, 5.74) is 14.7. The van der Waals surface area contributed by atoms with E-state index in [9.17, 15) is 0 Å². The van der Waals surface area contributed by atoms with Crippen LogP contribution < -0.4 is 5.63 Å². The molecule has 0 fully saturated rings. The minimum absolute atomic E-state index is 0.0648. The minimum atomic E-state index is -5.26. The van der Waals surface area contributed by atoms with E-state index in [1.165, 1.54) is 84.8 Å². The van der Waals surface area contributed by atoms with Crippen LogP contribution in [0.15, 0.2) is 82.0 Å². The van der Waals surface area contributed by atoms with Crippen LogP contribution in [0.3, 0.4) is 0 Å². The Morgan fingerprint density at radius 2 is 0.958 bits per heavy atom. The molecule has 0 radical (unpaired) electrons. The maximum absolute atomic E-state index is 8.57. The molecule has 4 heteroatoms. The molecule has 0 heterocycles. The topological polar surface area (TPSA) is 18.5 Å². The van der Waals surface area contributed by atoms with Crippen LogP contribution in [0, 0.1) is 13.8 Å². The van der Waals surface area contributed by atoms with Crippen LogP contribution in [-0.4, -0.2) is 5.92 Å². The van der Waals surface area contributed by atoms with Crippen LogP contribution in [0.5, 0.6) is 11.5 Å². The van der Waals surface area contributed by atoms with Crippen molar-refractivity contribution in [1.82, 2.24) is 0 Å². The van der Waals surface area contributed by atoms with Gasteiger partial charge in [0.1, 0.15) is 0 Å². The first kappa shape index (κ1) is 35.9. The molecule has 4 aliphatic rings. The molecular formula is C44H63O2SiZr. The number of aryl methyl sites for hydroxylation is 2. The summed E-state index contributed by atoms with van der Waals surface area (Å²) in [4.78, 5) is 0. The van der Waals surface area contributed by atoms with Gasteiger partial charge in [0.15, 0.2) is 0 Å². The Hall–Kier alpha value is -1.90. The van der Waals surface area contributed by atoms with Gasteiger partial charge in [0.25, 0.3) is 0 Å². The van der Waals surface area contributed by atoms with Gasteiger partial charge in [-0.1, -0.05) is 0 Å². The maximum atomic E-state index is 8.57. The van der Waals surface area contributed by atoms with Crippen molar-refractivity contribution in [3.63, 3.8) is 0 Å². The molecule has 259 valence electrons. The molecule has 6 rings (SSSR count). The first-order chi connectivity index (χ1) is 22.5. The van der Waals surface area contributed by atoms with Crippen LogP contribution in [0.4, 0.5) is 0 Å². The summed E-state index contributed by atoms with van der Waals surface area (Å²) in [5, 5.41) is 0. The van der Waals surface area contributed by atoms with E-state index >= 15 is 0 Å². The van der Waals surface area contributed by atoms with Crippen molar-refractivity contribution in [2.75, 3.05) is 0 Å². The van der Waals surface area contributed by atoms with E-state index in [4.69, 9.17) is 5.63 Å². The molecule has 48 heavy (non-hydrogen) atoms. The van der Waals surface area contributed by atoms with E-state index in [1.54, 1.807) is 22.3 Å². The van der Waals surface area contributed by atoms with E-state index in [-0.39, 0.29) is 18.1 Å². The average molecular weight is 743 g/mol. The third kappa shape index (κ3) is 5.87. The predicted molar refractivity (Wildman–Crippen MR) is 206 cm³/mol. The van der Waals surface area contributed by atoms with Crippen LogP contribution in [0.2, 0.25) is 20.3 Å². The Balaban J connectivity index is 1.79. The zero-order valence-corrected chi connectivity index (χ0v) is 35.9. The van der Waals surface area contributed by atoms with Gasteiger partial charge in [-0.15, -0.1) is 0 Å². The van der Waals surface area contributed by atoms with Gasteiger partial charge >= 0.3 is 298 Å². The number of allylic oxidation sites excluding steroid dienone is 8. The molecule has 0 saturated carbocycles. The molecule has 0 amide bonds. The Kier molecular flexibility index (Phi) is 9.50. The Labute approximate surface area is 296 Å². The average Bonchev–Trinajstić information content (AvgIpc) is 3.53. The number of rotatable bonds is 7. The summed E-state index contributed by atoms with van der Waals surface area (Å²) >= 11 is -5.26. The molecule has 0 N–H and O–H groups in total. The van der Waals surface area contributed by atoms with Crippen molar-refractivity contribution < 1.29 is 24.4 Å². The van der Waals surface area contributed by atoms with E-state index in [2.05, 4.69) is 131 Å². The number of benzene rings is 2. The van der Waals surface area contributed by atoms with E-state index in [0.29, 0.717) is 0 Å². The molecule has 0 bridgehead atoms. The summed E-state index contributed by atoms with van der Waals surface area (Å²) in [6.07, 6.45) is 15.0. The summed E-state index contributed by atoms with van der Waals surface area (Å²) in [6.45, 7) is 28.7. The number of hydrogen-bond donors (Lipinski definition) is 0. The zero-order valence-electron chi connectivity index (χ0n) is 32.3. The predicted octanol–water partition coefficient (Wildman–Crippen LogP) is 13.1. The second-order valence-corrected chi connectivity index (χ2v) is 46.0. The van der Waals surface area contributed by atoms with Crippen molar-refractivity contribution >= 4 is 5.92 Å².